The summed E-state index contributed by atoms with van der Waals surface area (Å²) in [6, 6.07) is 12.1. The summed E-state index contributed by atoms with van der Waals surface area (Å²) in [6.07, 6.45) is 0. The maximum Gasteiger partial charge on any atom is 0.325 e. The number of amides is 4. The number of hydrogen-bond donors (Lipinski definition) is 3. The first-order valence-electron chi connectivity index (χ1n) is 9.30. The summed E-state index contributed by atoms with van der Waals surface area (Å²) in [7, 11) is 0. The first kappa shape index (κ1) is 20.9. The Hall–Kier alpha value is -3.81. The number of aromatic hydroxyl groups is 1. The van der Waals surface area contributed by atoms with Crippen LogP contribution in [-0.4, -0.2) is 41.0 Å². The van der Waals surface area contributed by atoms with Gasteiger partial charge in [-0.3, -0.25) is 14.5 Å². The minimum Gasteiger partial charge on any atom is -0.508 e. The molecule has 0 saturated carbocycles. The third kappa shape index (κ3) is 4.43. The third-order valence-corrected chi connectivity index (χ3v) is 4.62. The number of phenolic OH excluding ortho intramolecular Hbond substituents is 1. The molecule has 30 heavy (non-hydrogen) atoms. The van der Waals surface area contributed by atoms with Gasteiger partial charge in [0.15, 0.2) is 0 Å². The molecule has 1 heterocycles. The Bertz CT molecular complexity index is 1000. The molecule has 1 fully saturated rings. The highest BCUT2D eigenvalue weighted by Crippen LogP contribution is 2.30. The summed E-state index contributed by atoms with van der Waals surface area (Å²) in [4.78, 5) is 38.5. The Balaban J connectivity index is 1.70. The third-order valence-electron chi connectivity index (χ3n) is 4.62. The second kappa shape index (κ2) is 8.28. The zero-order chi connectivity index (χ0) is 21.9. The van der Waals surface area contributed by atoms with E-state index in [0.29, 0.717) is 23.6 Å². The highest BCUT2D eigenvalue weighted by Gasteiger charge is 2.49. The summed E-state index contributed by atoms with van der Waals surface area (Å²) in [6.45, 7) is 7.15. The van der Waals surface area contributed by atoms with Gasteiger partial charge < -0.3 is 20.5 Å². The minimum absolute atomic E-state index is 0.00829. The smallest absolute Gasteiger partial charge is 0.325 e. The van der Waals surface area contributed by atoms with Gasteiger partial charge in [0.2, 0.25) is 5.91 Å². The van der Waals surface area contributed by atoms with Gasteiger partial charge in [0.05, 0.1) is 0 Å². The molecule has 8 nitrogen and oxygen atoms in total. The highest BCUT2D eigenvalue weighted by atomic mass is 16.5. The Labute approximate surface area is 174 Å². The molecular formula is C22H23N3O5. The molecule has 2 aromatic carbocycles. The second-order valence-electron chi connectivity index (χ2n) is 7.32. The molecule has 1 aliphatic heterocycles. The molecule has 156 valence electrons. The average molecular weight is 409 g/mol. The van der Waals surface area contributed by atoms with Crippen molar-refractivity contribution in [3.05, 3.63) is 66.2 Å². The number of imide groups is 1. The van der Waals surface area contributed by atoms with Crippen molar-refractivity contribution >= 4 is 23.5 Å². The van der Waals surface area contributed by atoms with Crippen LogP contribution in [0, 0.1) is 0 Å². The SMILES string of the molecule is C=C(C)COc1ccc(C2(C)NC(=O)N(CC(=O)Nc3cccc(O)c3)C2=O)cc1. The maximum atomic E-state index is 13.0. The van der Waals surface area contributed by atoms with Crippen molar-refractivity contribution in [1.29, 1.82) is 0 Å². The van der Waals surface area contributed by atoms with Gasteiger partial charge in [-0.2, -0.15) is 0 Å². The van der Waals surface area contributed by atoms with E-state index in [1.165, 1.54) is 12.1 Å². The van der Waals surface area contributed by atoms with Gasteiger partial charge in [0.1, 0.15) is 30.2 Å². The van der Waals surface area contributed by atoms with Gasteiger partial charge in [-0.1, -0.05) is 24.8 Å². The average Bonchev–Trinajstić information content (AvgIpc) is 2.90. The predicted octanol–water partition coefficient (Wildman–Crippen LogP) is 2.75. The van der Waals surface area contributed by atoms with Gasteiger partial charge in [-0.25, -0.2) is 4.79 Å². The summed E-state index contributed by atoms with van der Waals surface area (Å²) >= 11 is 0. The quantitative estimate of drug-likeness (QED) is 0.481. The number of nitrogens with one attached hydrogen (secondary N) is 2. The number of nitrogens with zero attached hydrogens (tertiary/aromatic N) is 1. The fourth-order valence-electron chi connectivity index (χ4n) is 3.06. The lowest BCUT2D eigenvalue weighted by atomic mass is 9.92. The Morgan fingerprint density at radius 3 is 2.57 bits per heavy atom. The zero-order valence-electron chi connectivity index (χ0n) is 16.8. The van der Waals surface area contributed by atoms with Crippen LogP contribution in [0.1, 0.15) is 19.4 Å². The first-order chi connectivity index (χ1) is 14.2. The molecule has 0 spiro atoms. The molecule has 4 amide bonds. The molecule has 0 radical (unpaired) electrons. The van der Waals surface area contributed by atoms with Crippen LogP contribution < -0.4 is 15.4 Å². The van der Waals surface area contributed by atoms with E-state index in [1.807, 2.05) is 6.92 Å². The number of urea groups is 1. The van der Waals surface area contributed by atoms with Crippen molar-refractivity contribution in [2.45, 2.75) is 19.4 Å². The van der Waals surface area contributed by atoms with Crippen molar-refractivity contribution in [2.24, 2.45) is 0 Å². The summed E-state index contributed by atoms with van der Waals surface area (Å²) in [5.41, 5.74) is 0.512. The molecular weight excluding hydrogens is 386 g/mol. The lowest BCUT2D eigenvalue weighted by Crippen LogP contribution is -2.42. The monoisotopic (exact) mass is 409 g/mol. The van der Waals surface area contributed by atoms with Gasteiger partial charge in [0.25, 0.3) is 5.91 Å². The van der Waals surface area contributed by atoms with Crippen molar-refractivity contribution in [3.63, 3.8) is 0 Å². The lowest BCUT2D eigenvalue weighted by molar-refractivity contribution is -0.133. The molecule has 2 aromatic rings. The van der Waals surface area contributed by atoms with Crippen LogP contribution in [0.4, 0.5) is 10.5 Å². The fraction of sp³-hybridized carbons (Fsp3) is 0.227. The zero-order valence-corrected chi connectivity index (χ0v) is 16.8. The first-order valence-corrected chi connectivity index (χ1v) is 9.30. The molecule has 8 heteroatoms. The van der Waals surface area contributed by atoms with Crippen LogP contribution >= 0.6 is 0 Å². The topological polar surface area (TPSA) is 108 Å². The van der Waals surface area contributed by atoms with E-state index in [1.54, 1.807) is 43.3 Å². The standard InChI is InChI=1S/C22H23N3O5/c1-14(2)13-30-18-9-7-15(8-10-18)22(3)20(28)25(21(29)24-22)12-19(27)23-16-5-4-6-17(26)11-16/h4-11,26H,1,12-13H2,2-3H3,(H,23,27)(H,24,29). The molecule has 3 N–H and O–H groups in total. The number of benzene rings is 2. The van der Waals surface area contributed by atoms with Crippen molar-refractivity contribution in [3.8, 4) is 11.5 Å². The van der Waals surface area contributed by atoms with Gasteiger partial charge in [-0.05, 0) is 49.2 Å². The van der Waals surface area contributed by atoms with E-state index in [9.17, 15) is 19.5 Å². The Morgan fingerprint density at radius 2 is 1.93 bits per heavy atom. The molecule has 1 atom stereocenters. The number of carbonyl (C=O) groups is 3. The minimum atomic E-state index is -1.30. The van der Waals surface area contributed by atoms with Crippen LogP contribution in [0.2, 0.25) is 0 Å². The van der Waals surface area contributed by atoms with E-state index in [2.05, 4.69) is 17.2 Å². The molecule has 3 rings (SSSR count). The maximum absolute atomic E-state index is 13.0. The predicted molar refractivity (Wildman–Crippen MR) is 111 cm³/mol. The van der Waals surface area contributed by atoms with Crippen LogP contribution in [0.15, 0.2) is 60.7 Å². The number of rotatable bonds is 7. The van der Waals surface area contributed by atoms with Crippen LogP contribution in [0.5, 0.6) is 11.5 Å². The second-order valence-corrected chi connectivity index (χ2v) is 7.32. The molecule has 1 unspecified atom stereocenters. The summed E-state index contributed by atoms with van der Waals surface area (Å²) < 4.78 is 5.55. The van der Waals surface area contributed by atoms with E-state index in [4.69, 9.17) is 4.74 Å². The lowest BCUT2D eigenvalue weighted by Gasteiger charge is -2.22. The van der Waals surface area contributed by atoms with E-state index < -0.39 is 29.9 Å². The number of anilines is 1. The molecule has 0 bridgehead atoms. The van der Waals surface area contributed by atoms with Crippen molar-refractivity contribution in [2.75, 3.05) is 18.5 Å². The van der Waals surface area contributed by atoms with Crippen molar-refractivity contribution < 1.29 is 24.2 Å². The normalized spacial score (nSPS) is 18.1. The van der Waals surface area contributed by atoms with Crippen molar-refractivity contribution in [1.82, 2.24) is 10.2 Å². The molecule has 1 saturated heterocycles. The Morgan fingerprint density at radius 1 is 1.23 bits per heavy atom. The number of phenols is 1. The van der Waals surface area contributed by atoms with Crippen LogP contribution in [-0.2, 0) is 15.1 Å². The fourth-order valence-corrected chi connectivity index (χ4v) is 3.06. The highest BCUT2D eigenvalue weighted by molar-refractivity contribution is 6.10. The number of carbonyl (C=O) groups excluding carboxylic acids is 3. The van der Waals surface area contributed by atoms with E-state index in [0.717, 1.165) is 10.5 Å². The van der Waals surface area contributed by atoms with Gasteiger partial charge in [-0.15, -0.1) is 0 Å². The van der Waals surface area contributed by atoms with Gasteiger partial charge >= 0.3 is 6.03 Å². The van der Waals surface area contributed by atoms with Crippen LogP contribution in [0.3, 0.4) is 0 Å². The Kier molecular flexibility index (Phi) is 5.77. The van der Waals surface area contributed by atoms with E-state index in [-0.39, 0.29) is 5.75 Å². The molecule has 0 aromatic heterocycles. The largest absolute Gasteiger partial charge is 0.508 e. The molecule has 0 aliphatic carbocycles. The summed E-state index contributed by atoms with van der Waals surface area (Å²) in [5.74, 6) is -0.485. The summed E-state index contributed by atoms with van der Waals surface area (Å²) in [5, 5.41) is 14.7. The van der Waals surface area contributed by atoms with Crippen LogP contribution in [0.25, 0.3) is 0 Å². The molecule has 1 aliphatic rings. The number of hydrogen-bond acceptors (Lipinski definition) is 5. The number of ether oxygens (including phenoxy) is 1. The van der Waals surface area contributed by atoms with E-state index >= 15 is 0 Å². The van der Waals surface area contributed by atoms with Gasteiger partial charge in [0, 0.05) is 11.8 Å².